The van der Waals surface area contributed by atoms with Crippen molar-refractivity contribution in [1.29, 1.82) is 0 Å². The molecule has 1 amide bonds. The quantitative estimate of drug-likeness (QED) is 0.775. The molecular formula is C15H27N3O3S. The fourth-order valence-electron chi connectivity index (χ4n) is 4.39. The Kier molecular flexibility index (Phi) is 4.75. The lowest BCUT2D eigenvalue weighted by Gasteiger charge is -2.43. The van der Waals surface area contributed by atoms with E-state index in [9.17, 15) is 13.2 Å². The molecule has 3 rings (SSSR count). The zero-order chi connectivity index (χ0) is 15.7. The van der Waals surface area contributed by atoms with E-state index in [1.54, 1.807) is 0 Å². The lowest BCUT2D eigenvalue weighted by molar-refractivity contribution is -0.127. The molecule has 2 saturated carbocycles. The molecule has 3 N–H and O–H groups in total. The SMILES string of the molecule is NC1C2CCCC1CC(C(=O)NCCN1CCCS1(=O)=O)C2. The second-order valence-electron chi connectivity index (χ2n) is 7.06. The maximum Gasteiger partial charge on any atom is 0.223 e. The van der Waals surface area contributed by atoms with Crippen LogP contribution in [0.1, 0.15) is 38.5 Å². The molecule has 6 nitrogen and oxygen atoms in total. The third kappa shape index (κ3) is 3.31. The Hall–Kier alpha value is -0.660. The number of nitrogens with zero attached hydrogens (tertiary/aromatic N) is 1. The lowest BCUT2D eigenvalue weighted by atomic mass is 9.65. The predicted octanol–water partition coefficient (Wildman–Crippen LogP) is 0.292. The van der Waals surface area contributed by atoms with E-state index < -0.39 is 10.0 Å². The van der Waals surface area contributed by atoms with Crippen LogP contribution in [0.25, 0.3) is 0 Å². The fraction of sp³-hybridized carbons (Fsp3) is 0.933. The van der Waals surface area contributed by atoms with Crippen LogP contribution in [0.2, 0.25) is 0 Å². The Morgan fingerprint density at radius 1 is 1.18 bits per heavy atom. The van der Waals surface area contributed by atoms with Gasteiger partial charge in [-0.3, -0.25) is 4.79 Å². The Bertz CT molecular complexity index is 508. The van der Waals surface area contributed by atoms with Crippen LogP contribution >= 0.6 is 0 Å². The largest absolute Gasteiger partial charge is 0.355 e. The molecule has 3 fully saturated rings. The Labute approximate surface area is 132 Å². The summed E-state index contributed by atoms with van der Waals surface area (Å²) in [6, 6.07) is 0.271. The van der Waals surface area contributed by atoms with Crippen molar-refractivity contribution in [3.05, 3.63) is 0 Å². The van der Waals surface area contributed by atoms with Crippen LogP contribution in [-0.4, -0.2) is 50.1 Å². The van der Waals surface area contributed by atoms with E-state index in [2.05, 4.69) is 5.32 Å². The highest BCUT2D eigenvalue weighted by molar-refractivity contribution is 7.89. The Morgan fingerprint density at radius 3 is 2.45 bits per heavy atom. The van der Waals surface area contributed by atoms with Gasteiger partial charge in [-0.1, -0.05) is 6.42 Å². The first kappa shape index (κ1) is 16.2. The van der Waals surface area contributed by atoms with Gasteiger partial charge in [0.15, 0.2) is 0 Å². The molecule has 2 bridgehead atoms. The van der Waals surface area contributed by atoms with Crippen molar-refractivity contribution < 1.29 is 13.2 Å². The van der Waals surface area contributed by atoms with Gasteiger partial charge in [-0.25, -0.2) is 12.7 Å². The van der Waals surface area contributed by atoms with Crippen LogP contribution in [0.3, 0.4) is 0 Å². The van der Waals surface area contributed by atoms with Crippen LogP contribution in [0.15, 0.2) is 0 Å². The number of nitrogens with two attached hydrogens (primary N) is 1. The minimum Gasteiger partial charge on any atom is -0.355 e. The van der Waals surface area contributed by atoms with Gasteiger partial charge in [-0.15, -0.1) is 0 Å². The van der Waals surface area contributed by atoms with Crippen molar-refractivity contribution in [2.45, 2.75) is 44.6 Å². The van der Waals surface area contributed by atoms with E-state index in [-0.39, 0.29) is 23.6 Å². The van der Waals surface area contributed by atoms with E-state index in [1.807, 2.05) is 0 Å². The van der Waals surface area contributed by atoms with Gasteiger partial charge < -0.3 is 11.1 Å². The first-order valence-electron chi connectivity index (χ1n) is 8.48. The lowest BCUT2D eigenvalue weighted by Crippen LogP contribution is -2.49. The number of sulfonamides is 1. The van der Waals surface area contributed by atoms with E-state index in [0.29, 0.717) is 37.9 Å². The third-order valence-corrected chi connectivity index (χ3v) is 7.60. The first-order chi connectivity index (χ1) is 10.5. The number of fused-ring (bicyclic) bond motifs is 2. The summed E-state index contributed by atoms with van der Waals surface area (Å²) in [7, 11) is -3.06. The van der Waals surface area contributed by atoms with Crippen LogP contribution in [0, 0.1) is 17.8 Å². The third-order valence-electron chi connectivity index (χ3n) is 5.65. The molecule has 1 aliphatic heterocycles. The molecule has 126 valence electrons. The second kappa shape index (κ2) is 6.45. The van der Waals surface area contributed by atoms with Crippen molar-refractivity contribution in [3.63, 3.8) is 0 Å². The zero-order valence-corrected chi connectivity index (χ0v) is 13.9. The van der Waals surface area contributed by atoms with Crippen molar-refractivity contribution in [3.8, 4) is 0 Å². The van der Waals surface area contributed by atoms with E-state index >= 15 is 0 Å². The van der Waals surface area contributed by atoms with Gasteiger partial charge in [-0.05, 0) is 43.9 Å². The molecule has 7 heteroatoms. The monoisotopic (exact) mass is 329 g/mol. The van der Waals surface area contributed by atoms with Gasteiger partial charge in [0.2, 0.25) is 15.9 Å². The van der Waals surface area contributed by atoms with Crippen molar-refractivity contribution in [2.24, 2.45) is 23.5 Å². The molecule has 0 radical (unpaired) electrons. The summed E-state index contributed by atoms with van der Waals surface area (Å²) in [5.41, 5.74) is 6.25. The van der Waals surface area contributed by atoms with Crippen molar-refractivity contribution in [1.82, 2.24) is 9.62 Å². The summed E-state index contributed by atoms with van der Waals surface area (Å²) in [6.07, 6.45) is 6.02. The molecule has 0 spiro atoms. The van der Waals surface area contributed by atoms with Crippen LogP contribution < -0.4 is 11.1 Å². The van der Waals surface area contributed by atoms with Gasteiger partial charge in [0.1, 0.15) is 0 Å². The topological polar surface area (TPSA) is 92.5 Å². The van der Waals surface area contributed by atoms with Crippen molar-refractivity contribution in [2.75, 3.05) is 25.4 Å². The minimum atomic E-state index is -3.06. The highest BCUT2D eigenvalue weighted by atomic mass is 32.2. The number of carbonyl (C=O) groups is 1. The summed E-state index contributed by atoms with van der Waals surface area (Å²) in [5.74, 6) is 1.36. The number of hydrogen-bond donors (Lipinski definition) is 2. The fourth-order valence-corrected chi connectivity index (χ4v) is 5.92. The molecule has 2 unspecified atom stereocenters. The minimum absolute atomic E-state index is 0.0604. The molecule has 1 heterocycles. The summed E-state index contributed by atoms with van der Waals surface area (Å²) in [6.45, 7) is 1.39. The Balaban J connectivity index is 1.46. The average Bonchev–Trinajstić information content (AvgIpc) is 2.77. The van der Waals surface area contributed by atoms with E-state index in [4.69, 9.17) is 5.73 Å². The average molecular weight is 329 g/mol. The molecule has 0 aromatic heterocycles. The molecule has 3 aliphatic rings. The maximum absolute atomic E-state index is 12.4. The molecule has 22 heavy (non-hydrogen) atoms. The van der Waals surface area contributed by atoms with Crippen molar-refractivity contribution >= 4 is 15.9 Å². The number of carbonyl (C=O) groups excluding carboxylic acids is 1. The molecule has 0 aromatic rings. The van der Waals surface area contributed by atoms with Gasteiger partial charge in [0.25, 0.3) is 0 Å². The predicted molar refractivity (Wildman–Crippen MR) is 84.5 cm³/mol. The molecule has 1 saturated heterocycles. The zero-order valence-electron chi connectivity index (χ0n) is 13.0. The number of rotatable bonds is 4. The number of amides is 1. The summed E-state index contributed by atoms with van der Waals surface area (Å²) < 4.78 is 24.9. The molecule has 2 atom stereocenters. The highest BCUT2D eigenvalue weighted by Gasteiger charge is 2.40. The summed E-state index contributed by atoms with van der Waals surface area (Å²) in [5, 5.41) is 2.94. The number of nitrogens with one attached hydrogen (secondary N) is 1. The van der Waals surface area contributed by atoms with E-state index in [1.165, 1.54) is 10.7 Å². The van der Waals surface area contributed by atoms with Gasteiger partial charge in [-0.2, -0.15) is 0 Å². The first-order valence-corrected chi connectivity index (χ1v) is 10.1. The normalized spacial score (nSPS) is 37.9. The number of hydrogen-bond acceptors (Lipinski definition) is 4. The van der Waals surface area contributed by atoms with Crippen LogP contribution in [0.5, 0.6) is 0 Å². The van der Waals surface area contributed by atoms with Gasteiger partial charge in [0, 0.05) is 31.6 Å². The smallest absolute Gasteiger partial charge is 0.223 e. The van der Waals surface area contributed by atoms with E-state index in [0.717, 1.165) is 25.7 Å². The summed E-state index contributed by atoms with van der Waals surface area (Å²) >= 11 is 0. The van der Waals surface area contributed by atoms with Crippen LogP contribution in [0.4, 0.5) is 0 Å². The standard InChI is InChI=1S/C15H27N3O3S/c16-14-11-3-1-4-12(14)10-13(9-11)15(19)17-5-7-18-6-2-8-22(18,20)21/h11-14H,1-10,16H2,(H,17,19). The van der Waals surface area contributed by atoms with Gasteiger partial charge in [0.05, 0.1) is 5.75 Å². The summed E-state index contributed by atoms with van der Waals surface area (Å²) in [4.78, 5) is 12.4. The maximum atomic E-state index is 12.4. The second-order valence-corrected chi connectivity index (χ2v) is 9.14. The molecule has 0 aromatic carbocycles. The molecule has 2 aliphatic carbocycles. The van der Waals surface area contributed by atoms with Crippen LogP contribution in [-0.2, 0) is 14.8 Å². The van der Waals surface area contributed by atoms with Gasteiger partial charge >= 0.3 is 0 Å². The Morgan fingerprint density at radius 2 is 1.86 bits per heavy atom. The highest BCUT2D eigenvalue weighted by Crippen LogP contribution is 2.41. The molecular weight excluding hydrogens is 302 g/mol.